The average Bonchev–Trinajstić information content (AvgIpc) is 3.73. The Morgan fingerprint density at radius 2 is 1.78 bits per heavy atom. The summed E-state index contributed by atoms with van der Waals surface area (Å²) in [5, 5.41) is 12.7. The van der Waals surface area contributed by atoms with Gasteiger partial charge < -0.3 is 25.3 Å². The molecular formula is C31H31N5O5. The van der Waals surface area contributed by atoms with Gasteiger partial charge in [0.25, 0.3) is 5.91 Å². The zero-order valence-corrected chi connectivity index (χ0v) is 23.0. The molecule has 2 aliphatic rings. The number of fused-ring (bicyclic) bond motifs is 1. The lowest BCUT2D eigenvalue weighted by Gasteiger charge is -2.17. The Hall–Kier alpha value is -4.86. The van der Waals surface area contributed by atoms with Crippen LogP contribution in [0.4, 0.5) is 16.2 Å². The fourth-order valence-electron chi connectivity index (χ4n) is 5.25. The molecule has 10 heteroatoms. The summed E-state index contributed by atoms with van der Waals surface area (Å²) in [4.78, 5) is 25.8. The van der Waals surface area contributed by atoms with Gasteiger partial charge in [0.2, 0.25) is 0 Å². The third-order valence-electron chi connectivity index (χ3n) is 7.63. The maximum absolute atomic E-state index is 12.1. The predicted molar refractivity (Wildman–Crippen MR) is 157 cm³/mol. The molecule has 3 N–H and O–H groups in total. The Kier molecular flexibility index (Phi) is 7.05. The van der Waals surface area contributed by atoms with E-state index in [4.69, 9.17) is 19.9 Å². The van der Waals surface area contributed by atoms with Gasteiger partial charge in [-0.3, -0.25) is 9.69 Å². The first-order valence-corrected chi connectivity index (χ1v) is 13.6. The SMILES string of the molecule is COc1cc(N2CCOC2=O)ccc1-c1ccc(OC)c(-c2ccc3c(NCCC4CC4)c(C(N)=O)nnc3c2)c1. The van der Waals surface area contributed by atoms with Crippen LogP contribution in [0.3, 0.4) is 0 Å². The first-order valence-electron chi connectivity index (χ1n) is 13.6. The van der Waals surface area contributed by atoms with Crippen LogP contribution in [0.2, 0.25) is 0 Å². The van der Waals surface area contributed by atoms with Crippen molar-refractivity contribution in [2.45, 2.75) is 19.3 Å². The molecule has 6 rings (SSSR count). The summed E-state index contributed by atoms with van der Waals surface area (Å²) in [6, 6.07) is 17.4. The topological polar surface area (TPSA) is 129 Å². The van der Waals surface area contributed by atoms with Gasteiger partial charge in [-0.2, -0.15) is 0 Å². The van der Waals surface area contributed by atoms with Crippen LogP contribution in [-0.4, -0.2) is 56.1 Å². The van der Waals surface area contributed by atoms with Gasteiger partial charge in [0, 0.05) is 29.1 Å². The highest BCUT2D eigenvalue weighted by atomic mass is 16.6. The largest absolute Gasteiger partial charge is 0.496 e. The van der Waals surface area contributed by atoms with Crippen molar-refractivity contribution in [3.63, 3.8) is 0 Å². The fraction of sp³-hybridized carbons (Fsp3) is 0.290. The zero-order chi connectivity index (χ0) is 28.5. The van der Waals surface area contributed by atoms with Gasteiger partial charge in [-0.25, -0.2) is 4.79 Å². The molecule has 4 aromatic rings. The molecule has 0 bridgehead atoms. The number of cyclic esters (lactones) is 1. The number of carbonyl (C=O) groups is 2. The second-order valence-electron chi connectivity index (χ2n) is 10.2. The Morgan fingerprint density at radius 3 is 2.49 bits per heavy atom. The Labute approximate surface area is 237 Å². The van der Waals surface area contributed by atoms with Crippen molar-refractivity contribution in [3.05, 3.63) is 60.3 Å². The van der Waals surface area contributed by atoms with E-state index in [1.165, 1.54) is 12.8 Å². The highest BCUT2D eigenvalue weighted by Gasteiger charge is 2.25. The highest BCUT2D eigenvalue weighted by molar-refractivity contribution is 6.05. The molecule has 0 radical (unpaired) electrons. The number of nitrogens with two attached hydrogens (primary N) is 1. The quantitative estimate of drug-likeness (QED) is 0.273. The van der Waals surface area contributed by atoms with E-state index >= 15 is 0 Å². The molecule has 1 saturated carbocycles. The van der Waals surface area contributed by atoms with Gasteiger partial charge in [0.15, 0.2) is 5.69 Å². The summed E-state index contributed by atoms with van der Waals surface area (Å²) in [5.41, 5.74) is 11.2. The van der Waals surface area contributed by atoms with Crippen LogP contribution in [0.15, 0.2) is 54.6 Å². The van der Waals surface area contributed by atoms with E-state index in [0.717, 1.165) is 46.5 Å². The number of carbonyl (C=O) groups excluding carboxylic acids is 2. The molecular weight excluding hydrogens is 522 g/mol. The fourth-order valence-corrected chi connectivity index (χ4v) is 5.25. The summed E-state index contributed by atoms with van der Waals surface area (Å²) in [7, 11) is 3.23. The third kappa shape index (κ3) is 5.20. The number of hydrogen-bond donors (Lipinski definition) is 2. The van der Waals surface area contributed by atoms with E-state index in [0.29, 0.717) is 41.5 Å². The second-order valence-corrected chi connectivity index (χ2v) is 10.2. The Balaban J connectivity index is 1.38. The van der Waals surface area contributed by atoms with Crippen molar-refractivity contribution in [1.29, 1.82) is 0 Å². The molecule has 1 aliphatic heterocycles. The number of nitrogens with zero attached hydrogens (tertiary/aromatic N) is 3. The number of ether oxygens (including phenoxy) is 3. The number of hydrogen-bond acceptors (Lipinski definition) is 8. The lowest BCUT2D eigenvalue weighted by atomic mass is 9.96. The standard InChI is InChI=1S/C31H31N5O5/c1-39-26-10-6-19(22-9-7-21(17-27(22)40-2)36-13-14-41-31(36)38)15-24(26)20-5-8-23-25(16-20)34-35-29(30(32)37)28(23)33-12-11-18-3-4-18/h5-10,15-18H,3-4,11-14H2,1-2H3,(H2,32,37)(H,33,34). The van der Waals surface area contributed by atoms with Gasteiger partial charge in [-0.15, -0.1) is 10.2 Å². The number of aromatic nitrogens is 2. The Bertz CT molecular complexity index is 1650. The van der Waals surface area contributed by atoms with Crippen LogP contribution < -0.4 is 25.4 Å². The number of anilines is 2. The van der Waals surface area contributed by atoms with Crippen LogP contribution in [0.5, 0.6) is 11.5 Å². The van der Waals surface area contributed by atoms with Crippen molar-refractivity contribution in [2.75, 3.05) is 44.1 Å². The smallest absolute Gasteiger partial charge is 0.414 e. The zero-order valence-electron chi connectivity index (χ0n) is 23.0. The van der Waals surface area contributed by atoms with E-state index < -0.39 is 5.91 Å². The number of benzene rings is 3. The van der Waals surface area contributed by atoms with Gasteiger partial charge in [0.05, 0.1) is 37.7 Å². The molecule has 10 nitrogen and oxygen atoms in total. The monoisotopic (exact) mass is 553 g/mol. The lowest BCUT2D eigenvalue weighted by molar-refractivity contribution is 0.0995. The minimum atomic E-state index is -0.617. The van der Waals surface area contributed by atoms with E-state index in [1.54, 1.807) is 19.1 Å². The number of rotatable bonds is 10. The average molecular weight is 554 g/mol. The maximum atomic E-state index is 12.1. The normalized spacial score (nSPS) is 14.7. The summed E-state index contributed by atoms with van der Waals surface area (Å²) < 4.78 is 16.5. The van der Waals surface area contributed by atoms with E-state index in [1.807, 2.05) is 54.6 Å². The van der Waals surface area contributed by atoms with Crippen LogP contribution in [0, 0.1) is 5.92 Å². The van der Waals surface area contributed by atoms with Gasteiger partial charge in [0.1, 0.15) is 18.1 Å². The molecule has 0 unspecified atom stereocenters. The molecule has 1 aliphatic carbocycles. The van der Waals surface area contributed by atoms with Crippen molar-refractivity contribution in [2.24, 2.45) is 11.7 Å². The van der Waals surface area contributed by atoms with Gasteiger partial charge in [-0.05, 0) is 59.9 Å². The molecule has 1 saturated heterocycles. The lowest BCUT2D eigenvalue weighted by Crippen LogP contribution is -2.23. The summed E-state index contributed by atoms with van der Waals surface area (Å²) in [6.45, 7) is 1.60. The highest BCUT2D eigenvalue weighted by Crippen LogP contribution is 2.40. The van der Waals surface area contributed by atoms with Crippen molar-refractivity contribution >= 4 is 34.3 Å². The van der Waals surface area contributed by atoms with Crippen molar-refractivity contribution in [1.82, 2.24) is 10.2 Å². The van der Waals surface area contributed by atoms with Crippen molar-refractivity contribution < 1.29 is 23.8 Å². The summed E-state index contributed by atoms with van der Waals surface area (Å²) in [6.07, 6.45) is 3.19. The minimum Gasteiger partial charge on any atom is -0.496 e. The van der Waals surface area contributed by atoms with Crippen LogP contribution >= 0.6 is 0 Å². The molecule has 41 heavy (non-hydrogen) atoms. The first kappa shape index (κ1) is 26.4. The van der Waals surface area contributed by atoms with Gasteiger partial charge >= 0.3 is 6.09 Å². The molecule has 2 amide bonds. The number of amides is 2. The number of primary amides is 1. The van der Waals surface area contributed by atoms with Crippen LogP contribution in [0.1, 0.15) is 29.8 Å². The maximum Gasteiger partial charge on any atom is 0.414 e. The first-order chi connectivity index (χ1) is 20.0. The van der Waals surface area contributed by atoms with E-state index in [2.05, 4.69) is 15.5 Å². The predicted octanol–water partition coefficient (Wildman–Crippen LogP) is 5.25. The van der Waals surface area contributed by atoms with Crippen LogP contribution in [0.25, 0.3) is 33.2 Å². The molecule has 3 aromatic carbocycles. The number of nitrogens with one attached hydrogen (secondary N) is 1. The molecule has 0 atom stereocenters. The minimum absolute atomic E-state index is 0.137. The molecule has 0 spiro atoms. The number of methoxy groups -OCH3 is 2. The van der Waals surface area contributed by atoms with E-state index in [9.17, 15) is 9.59 Å². The van der Waals surface area contributed by atoms with Crippen LogP contribution in [-0.2, 0) is 4.74 Å². The van der Waals surface area contributed by atoms with E-state index in [-0.39, 0.29) is 11.8 Å². The summed E-state index contributed by atoms with van der Waals surface area (Å²) in [5.74, 6) is 1.45. The summed E-state index contributed by atoms with van der Waals surface area (Å²) >= 11 is 0. The van der Waals surface area contributed by atoms with Crippen molar-refractivity contribution in [3.8, 4) is 33.8 Å². The molecule has 1 aromatic heterocycles. The molecule has 2 heterocycles. The van der Waals surface area contributed by atoms with Gasteiger partial charge in [-0.1, -0.05) is 25.0 Å². The Morgan fingerprint density at radius 1 is 1.00 bits per heavy atom. The second kappa shape index (κ2) is 11.0. The molecule has 2 fully saturated rings. The molecule has 210 valence electrons. The third-order valence-corrected chi connectivity index (χ3v) is 7.63.